The second-order valence-corrected chi connectivity index (χ2v) is 7.04. The molecule has 1 aromatic carbocycles. The number of hydrogen-bond acceptors (Lipinski definition) is 6. The molecule has 3 heterocycles. The minimum absolute atomic E-state index is 0.0626. The number of hydrogen-bond donors (Lipinski definition) is 2. The highest BCUT2D eigenvalue weighted by atomic mass is 16.6. The van der Waals surface area contributed by atoms with Gasteiger partial charge in [0, 0.05) is 38.8 Å². The molecule has 0 spiro atoms. The van der Waals surface area contributed by atoms with Crippen LogP contribution in [-0.2, 0) is 0 Å². The van der Waals surface area contributed by atoms with Crippen molar-refractivity contribution in [1.82, 2.24) is 15.6 Å². The molecule has 2 aliphatic heterocycles. The van der Waals surface area contributed by atoms with Gasteiger partial charge in [-0.3, -0.25) is 4.79 Å². The maximum atomic E-state index is 12.4. The maximum Gasteiger partial charge on any atom is 0.252 e. The number of nitrogens with zero attached hydrogens (tertiary/aromatic N) is 2. The number of rotatable bonds is 5. The summed E-state index contributed by atoms with van der Waals surface area (Å²) in [6, 6.07) is 11.4. The topological polar surface area (TPSA) is 75.7 Å². The monoisotopic (exact) mass is 382 g/mol. The summed E-state index contributed by atoms with van der Waals surface area (Å²) in [5.41, 5.74) is 0.572. The van der Waals surface area contributed by atoms with Gasteiger partial charge in [-0.25, -0.2) is 4.98 Å². The third-order valence-electron chi connectivity index (χ3n) is 4.99. The van der Waals surface area contributed by atoms with E-state index >= 15 is 0 Å². The predicted octanol–water partition coefficient (Wildman–Crippen LogP) is 1.84. The molecule has 4 rings (SSSR count). The molecule has 7 heteroatoms. The van der Waals surface area contributed by atoms with Crippen molar-refractivity contribution in [2.24, 2.45) is 0 Å². The molecule has 0 aliphatic carbocycles. The van der Waals surface area contributed by atoms with E-state index in [-0.39, 0.29) is 12.0 Å². The third-order valence-corrected chi connectivity index (χ3v) is 4.99. The molecule has 1 unspecified atom stereocenters. The fraction of sp³-hybridized carbons (Fsp3) is 0.429. The fourth-order valence-corrected chi connectivity index (χ4v) is 3.44. The Bertz CT molecular complexity index is 788. The maximum absolute atomic E-state index is 12.4. The zero-order valence-corrected chi connectivity index (χ0v) is 15.9. The van der Waals surface area contributed by atoms with E-state index in [4.69, 9.17) is 9.47 Å². The molecule has 0 radical (unpaired) electrons. The summed E-state index contributed by atoms with van der Waals surface area (Å²) in [6.45, 7) is 4.94. The molecule has 2 aliphatic rings. The van der Waals surface area contributed by atoms with Gasteiger partial charge in [0.1, 0.15) is 18.5 Å². The Hall–Kier alpha value is -2.80. The number of carbonyl (C=O) groups excluding carboxylic acids is 1. The first kappa shape index (κ1) is 18.6. The van der Waals surface area contributed by atoms with Crippen LogP contribution in [-0.4, -0.2) is 56.3 Å². The molecule has 148 valence electrons. The van der Waals surface area contributed by atoms with Crippen LogP contribution in [0.5, 0.6) is 11.5 Å². The van der Waals surface area contributed by atoms with Crippen LogP contribution in [0.3, 0.4) is 0 Å². The Morgan fingerprint density at radius 2 is 2.07 bits per heavy atom. The van der Waals surface area contributed by atoms with Crippen LogP contribution in [0.25, 0.3) is 0 Å². The van der Waals surface area contributed by atoms with Crippen molar-refractivity contribution in [3.8, 4) is 11.5 Å². The molecular weight excluding hydrogens is 356 g/mol. The first-order valence-corrected chi connectivity index (χ1v) is 9.88. The zero-order valence-electron chi connectivity index (χ0n) is 15.9. The standard InChI is InChI=1S/C21H26N4O3/c26-21(16-6-7-20(24-14-16)25-12-3-9-22-11-13-25)23-10-8-17-15-27-18-4-1-2-5-19(18)28-17/h1-2,4-7,14,17,22H,3,8-13,15H2,(H,23,26). The van der Waals surface area contributed by atoms with E-state index in [1.54, 1.807) is 6.20 Å². The van der Waals surface area contributed by atoms with Crippen LogP contribution in [0.1, 0.15) is 23.2 Å². The van der Waals surface area contributed by atoms with E-state index in [1.807, 2.05) is 36.4 Å². The number of anilines is 1. The highest BCUT2D eigenvalue weighted by Crippen LogP contribution is 2.31. The summed E-state index contributed by atoms with van der Waals surface area (Å²) >= 11 is 0. The van der Waals surface area contributed by atoms with Gasteiger partial charge < -0.3 is 25.0 Å². The van der Waals surface area contributed by atoms with E-state index in [9.17, 15) is 4.79 Å². The molecule has 1 aromatic heterocycles. The quantitative estimate of drug-likeness (QED) is 0.822. The SMILES string of the molecule is O=C(NCCC1COc2ccccc2O1)c1ccc(N2CCCNCC2)nc1. The molecular formula is C21H26N4O3. The van der Waals surface area contributed by atoms with Crippen LogP contribution in [0, 0.1) is 0 Å². The molecule has 1 fully saturated rings. The minimum atomic E-state index is -0.117. The second-order valence-electron chi connectivity index (χ2n) is 7.04. The summed E-state index contributed by atoms with van der Waals surface area (Å²) in [7, 11) is 0. The summed E-state index contributed by atoms with van der Waals surface area (Å²) in [5, 5.41) is 6.32. The van der Waals surface area contributed by atoms with Gasteiger partial charge in [-0.1, -0.05) is 12.1 Å². The van der Waals surface area contributed by atoms with Crippen LogP contribution in [0.15, 0.2) is 42.6 Å². The summed E-state index contributed by atoms with van der Waals surface area (Å²) < 4.78 is 11.6. The third kappa shape index (κ3) is 4.54. The molecule has 0 saturated carbocycles. The van der Waals surface area contributed by atoms with Crippen molar-refractivity contribution in [3.05, 3.63) is 48.2 Å². The number of carbonyl (C=O) groups is 1. The molecule has 0 bridgehead atoms. The molecule has 1 amide bonds. The van der Waals surface area contributed by atoms with Gasteiger partial charge in [-0.2, -0.15) is 0 Å². The lowest BCUT2D eigenvalue weighted by Gasteiger charge is -2.26. The zero-order chi connectivity index (χ0) is 19.2. The Balaban J connectivity index is 1.25. The lowest BCUT2D eigenvalue weighted by atomic mass is 10.2. The first-order valence-electron chi connectivity index (χ1n) is 9.88. The average Bonchev–Trinajstić information content (AvgIpc) is 3.03. The summed E-state index contributed by atoms with van der Waals surface area (Å²) in [5.74, 6) is 2.34. The number of para-hydroxylation sites is 2. The first-order chi connectivity index (χ1) is 13.8. The number of amides is 1. The van der Waals surface area contributed by atoms with Gasteiger partial charge >= 0.3 is 0 Å². The van der Waals surface area contributed by atoms with Gasteiger partial charge in [-0.05, 0) is 37.2 Å². The van der Waals surface area contributed by atoms with Crippen molar-refractivity contribution in [3.63, 3.8) is 0 Å². The van der Waals surface area contributed by atoms with Crippen LogP contribution in [0.2, 0.25) is 0 Å². The van der Waals surface area contributed by atoms with E-state index < -0.39 is 0 Å². The minimum Gasteiger partial charge on any atom is -0.486 e. The van der Waals surface area contributed by atoms with Crippen LogP contribution in [0.4, 0.5) is 5.82 Å². The van der Waals surface area contributed by atoms with Gasteiger partial charge in [0.05, 0.1) is 5.56 Å². The fourth-order valence-electron chi connectivity index (χ4n) is 3.44. The Kier molecular flexibility index (Phi) is 5.92. The van der Waals surface area contributed by atoms with E-state index in [0.717, 1.165) is 49.9 Å². The van der Waals surface area contributed by atoms with Crippen molar-refractivity contribution >= 4 is 11.7 Å². The van der Waals surface area contributed by atoms with Crippen LogP contribution < -0.4 is 25.0 Å². The summed E-state index contributed by atoms with van der Waals surface area (Å²) in [4.78, 5) is 19.1. The van der Waals surface area contributed by atoms with Crippen LogP contribution >= 0.6 is 0 Å². The Labute approximate surface area is 165 Å². The van der Waals surface area contributed by atoms with E-state index in [1.165, 1.54) is 0 Å². The van der Waals surface area contributed by atoms with Gasteiger partial charge in [0.25, 0.3) is 5.91 Å². The Morgan fingerprint density at radius 3 is 2.93 bits per heavy atom. The van der Waals surface area contributed by atoms with Gasteiger partial charge in [0.2, 0.25) is 0 Å². The van der Waals surface area contributed by atoms with E-state index in [0.29, 0.717) is 25.1 Å². The van der Waals surface area contributed by atoms with E-state index in [2.05, 4.69) is 20.5 Å². The van der Waals surface area contributed by atoms with Crippen molar-refractivity contribution in [2.45, 2.75) is 18.9 Å². The molecule has 28 heavy (non-hydrogen) atoms. The lowest BCUT2D eigenvalue weighted by molar-refractivity contribution is 0.0812. The normalized spacial score (nSPS) is 19.0. The van der Waals surface area contributed by atoms with Gasteiger partial charge in [0.15, 0.2) is 11.5 Å². The van der Waals surface area contributed by atoms with Gasteiger partial charge in [-0.15, -0.1) is 0 Å². The number of nitrogens with one attached hydrogen (secondary N) is 2. The Morgan fingerprint density at radius 1 is 1.18 bits per heavy atom. The average molecular weight is 382 g/mol. The smallest absolute Gasteiger partial charge is 0.252 e. The largest absolute Gasteiger partial charge is 0.486 e. The molecule has 1 saturated heterocycles. The molecule has 2 aromatic rings. The van der Waals surface area contributed by atoms with Crippen molar-refractivity contribution in [2.75, 3.05) is 44.2 Å². The number of fused-ring (bicyclic) bond motifs is 1. The number of ether oxygens (including phenoxy) is 2. The molecule has 2 N–H and O–H groups in total. The second kappa shape index (κ2) is 8.93. The van der Waals surface area contributed by atoms with Crippen molar-refractivity contribution in [1.29, 1.82) is 0 Å². The van der Waals surface area contributed by atoms with Crippen molar-refractivity contribution < 1.29 is 14.3 Å². The highest BCUT2D eigenvalue weighted by molar-refractivity contribution is 5.94. The number of pyridine rings is 1. The summed E-state index contributed by atoms with van der Waals surface area (Å²) in [6.07, 6.45) is 3.38. The molecule has 7 nitrogen and oxygen atoms in total. The highest BCUT2D eigenvalue weighted by Gasteiger charge is 2.20. The molecule has 1 atom stereocenters. The number of aromatic nitrogens is 1. The lowest BCUT2D eigenvalue weighted by Crippen LogP contribution is -2.34. The number of benzene rings is 1. The predicted molar refractivity (Wildman–Crippen MR) is 107 cm³/mol.